The van der Waals surface area contributed by atoms with E-state index in [4.69, 9.17) is 4.42 Å². The number of piperazine rings is 1. The predicted molar refractivity (Wildman–Crippen MR) is 70.6 cm³/mol. The Hall–Kier alpha value is -1.34. The fraction of sp³-hybridized carbons (Fsp3) is 0.500. The van der Waals surface area contributed by atoms with Crippen molar-refractivity contribution < 1.29 is 19.1 Å². The zero-order chi connectivity index (χ0) is 14.0. The summed E-state index contributed by atoms with van der Waals surface area (Å²) in [7, 11) is 0. The molecule has 0 radical (unpaired) electrons. The Kier molecular flexibility index (Phi) is 4.26. The SMILES string of the molecule is CC(O)C(=O)N1CCN(C(=O)c2coc(Br)c2)CC1. The molecule has 2 heterocycles. The van der Waals surface area contributed by atoms with Gasteiger partial charge in [-0.1, -0.05) is 0 Å². The van der Waals surface area contributed by atoms with Gasteiger partial charge >= 0.3 is 0 Å². The van der Waals surface area contributed by atoms with Crippen molar-refractivity contribution in [1.82, 2.24) is 9.80 Å². The van der Waals surface area contributed by atoms with E-state index in [1.165, 1.54) is 13.2 Å². The van der Waals surface area contributed by atoms with E-state index in [0.29, 0.717) is 36.4 Å². The summed E-state index contributed by atoms with van der Waals surface area (Å²) in [5.74, 6) is -0.406. The van der Waals surface area contributed by atoms with Crippen molar-refractivity contribution in [2.45, 2.75) is 13.0 Å². The zero-order valence-electron chi connectivity index (χ0n) is 10.5. The molecule has 1 aromatic heterocycles. The molecule has 1 aliphatic heterocycles. The molecule has 7 heteroatoms. The van der Waals surface area contributed by atoms with Gasteiger partial charge < -0.3 is 19.3 Å². The number of rotatable bonds is 2. The van der Waals surface area contributed by atoms with Crippen molar-refractivity contribution in [1.29, 1.82) is 0 Å². The van der Waals surface area contributed by atoms with E-state index < -0.39 is 6.10 Å². The summed E-state index contributed by atoms with van der Waals surface area (Å²) in [5.41, 5.74) is 0.488. The molecule has 1 aliphatic rings. The van der Waals surface area contributed by atoms with E-state index in [1.807, 2.05) is 0 Å². The molecule has 2 amide bonds. The number of hydrogen-bond acceptors (Lipinski definition) is 4. The molecular weight excluding hydrogens is 316 g/mol. The summed E-state index contributed by atoms with van der Waals surface area (Å²) < 4.78 is 5.55. The summed E-state index contributed by atoms with van der Waals surface area (Å²) in [5, 5.41) is 9.24. The van der Waals surface area contributed by atoms with Crippen molar-refractivity contribution in [3.05, 3.63) is 22.6 Å². The molecule has 1 aromatic rings. The third kappa shape index (κ3) is 3.16. The quantitative estimate of drug-likeness (QED) is 0.866. The first-order chi connectivity index (χ1) is 8.99. The van der Waals surface area contributed by atoms with Crippen LogP contribution in [-0.4, -0.2) is 59.0 Å². The van der Waals surface area contributed by atoms with Gasteiger partial charge in [0.05, 0.1) is 5.56 Å². The number of nitrogens with zero attached hydrogens (tertiary/aromatic N) is 2. The Labute approximate surface area is 119 Å². The maximum atomic E-state index is 12.1. The molecule has 6 nitrogen and oxygen atoms in total. The van der Waals surface area contributed by atoms with Crippen LogP contribution >= 0.6 is 15.9 Å². The van der Waals surface area contributed by atoms with E-state index in [2.05, 4.69) is 15.9 Å². The monoisotopic (exact) mass is 330 g/mol. The lowest BCUT2D eigenvalue weighted by Gasteiger charge is -2.35. The van der Waals surface area contributed by atoms with Crippen LogP contribution in [0.3, 0.4) is 0 Å². The van der Waals surface area contributed by atoms with Gasteiger partial charge in [-0.05, 0) is 22.9 Å². The minimum absolute atomic E-state index is 0.112. The highest BCUT2D eigenvalue weighted by Gasteiger charge is 2.27. The highest BCUT2D eigenvalue weighted by molar-refractivity contribution is 9.10. The van der Waals surface area contributed by atoms with E-state index in [9.17, 15) is 14.7 Å². The number of hydrogen-bond donors (Lipinski definition) is 1. The zero-order valence-corrected chi connectivity index (χ0v) is 12.1. The summed E-state index contributed by atoms with van der Waals surface area (Å²) in [6.07, 6.45) is 0.409. The molecule has 104 valence electrons. The first-order valence-electron chi connectivity index (χ1n) is 5.99. The second-order valence-corrected chi connectivity index (χ2v) is 5.21. The Morgan fingerprint density at radius 3 is 2.37 bits per heavy atom. The molecule has 1 fully saturated rings. The number of aliphatic hydroxyl groups excluding tert-OH is 1. The molecule has 1 atom stereocenters. The van der Waals surface area contributed by atoms with Gasteiger partial charge in [0, 0.05) is 32.2 Å². The number of aliphatic hydroxyl groups is 1. The minimum atomic E-state index is -0.993. The number of carbonyl (C=O) groups is 2. The third-order valence-electron chi connectivity index (χ3n) is 3.05. The van der Waals surface area contributed by atoms with Crippen LogP contribution in [-0.2, 0) is 4.79 Å². The Morgan fingerprint density at radius 2 is 1.89 bits per heavy atom. The number of carbonyl (C=O) groups excluding carboxylic acids is 2. The number of amides is 2. The van der Waals surface area contributed by atoms with Gasteiger partial charge in [-0.3, -0.25) is 9.59 Å². The number of halogens is 1. The summed E-state index contributed by atoms with van der Waals surface area (Å²) >= 11 is 3.15. The van der Waals surface area contributed by atoms with Crippen LogP contribution in [0.1, 0.15) is 17.3 Å². The second-order valence-electron chi connectivity index (χ2n) is 4.43. The normalized spacial score (nSPS) is 17.4. The molecule has 1 saturated heterocycles. The van der Waals surface area contributed by atoms with Crippen LogP contribution < -0.4 is 0 Å². The van der Waals surface area contributed by atoms with E-state index in [1.54, 1.807) is 15.9 Å². The fourth-order valence-corrected chi connectivity index (χ4v) is 2.34. The average molecular weight is 331 g/mol. The van der Waals surface area contributed by atoms with Crippen molar-refractivity contribution in [2.75, 3.05) is 26.2 Å². The molecule has 0 aromatic carbocycles. The van der Waals surface area contributed by atoms with Gasteiger partial charge in [0.1, 0.15) is 12.4 Å². The summed E-state index contributed by atoms with van der Waals surface area (Å²) in [4.78, 5) is 27.0. The van der Waals surface area contributed by atoms with Crippen LogP contribution in [0.15, 0.2) is 21.4 Å². The van der Waals surface area contributed by atoms with Gasteiger partial charge in [-0.25, -0.2) is 0 Å². The molecule has 0 saturated carbocycles. The minimum Gasteiger partial charge on any atom is -0.457 e. The predicted octanol–water partition coefficient (Wildman–Crippen LogP) is 0.707. The van der Waals surface area contributed by atoms with Crippen molar-refractivity contribution >= 4 is 27.7 Å². The first-order valence-corrected chi connectivity index (χ1v) is 6.78. The van der Waals surface area contributed by atoms with Crippen molar-refractivity contribution in [2.24, 2.45) is 0 Å². The van der Waals surface area contributed by atoms with Crippen LogP contribution in [0.5, 0.6) is 0 Å². The fourth-order valence-electron chi connectivity index (χ4n) is 2.00. The molecule has 2 rings (SSSR count). The Bertz CT molecular complexity index is 478. The molecule has 19 heavy (non-hydrogen) atoms. The maximum absolute atomic E-state index is 12.1. The lowest BCUT2D eigenvalue weighted by Crippen LogP contribution is -2.52. The lowest BCUT2D eigenvalue weighted by molar-refractivity contribution is -0.140. The summed E-state index contributed by atoms with van der Waals surface area (Å²) in [6, 6.07) is 1.62. The van der Waals surface area contributed by atoms with Gasteiger partial charge in [-0.2, -0.15) is 0 Å². The summed E-state index contributed by atoms with van der Waals surface area (Å²) in [6.45, 7) is 3.24. The van der Waals surface area contributed by atoms with Gasteiger partial charge in [0.2, 0.25) is 0 Å². The average Bonchev–Trinajstić information content (AvgIpc) is 2.84. The highest BCUT2D eigenvalue weighted by atomic mass is 79.9. The topological polar surface area (TPSA) is 74.0 Å². The van der Waals surface area contributed by atoms with Crippen molar-refractivity contribution in [3.63, 3.8) is 0 Å². The van der Waals surface area contributed by atoms with Crippen LogP contribution in [0, 0.1) is 0 Å². The second kappa shape index (κ2) is 5.75. The first kappa shape index (κ1) is 14.1. The molecule has 1 unspecified atom stereocenters. The molecule has 0 bridgehead atoms. The third-order valence-corrected chi connectivity index (χ3v) is 3.47. The van der Waals surface area contributed by atoms with E-state index in [0.717, 1.165) is 0 Å². The molecule has 0 spiro atoms. The molecule has 0 aliphatic carbocycles. The van der Waals surface area contributed by atoms with Crippen LogP contribution in [0.2, 0.25) is 0 Å². The Balaban J connectivity index is 1.93. The largest absolute Gasteiger partial charge is 0.457 e. The van der Waals surface area contributed by atoms with Gasteiger partial charge in [0.15, 0.2) is 4.67 Å². The maximum Gasteiger partial charge on any atom is 0.257 e. The van der Waals surface area contributed by atoms with E-state index in [-0.39, 0.29) is 11.8 Å². The molecular formula is C12H15BrN2O4. The smallest absolute Gasteiger partial charge is 0.257 e. The van der Waals surface area contributed by atoms with Crippen LogP contribution in [0.4, 0.5) is 0 Å². The number of furan rings is 1. The van der Waals surface area contributed by atoms with E-state index >= 15 is 0 Å². The van der Waals surface area contributed by atoms with Gasteiger partial charge in [-0.15, -0.1) is 0 Å². The highest BCUT2D eigenvalue weighted by Crippen LogP contribution is 2.16. The lowest BCUT2D eigenvalue weighted by atomic mass is 10.2. The van der Waals surface area contributed by atoms with Crippen LogP contribution in [0.25, 0.3) is 0 Å². The van der Waals surface area contributed by atoms with Gasteiger partial charge in [0.25, 0.3) is 11.8 Å². The Morgan fingerprint density at radius 1 is 1.32 bits per heavy atom. The standard InChI is InChI=1S/C12H15BrN2O4/c1-8(16)11(17)14-2-4-15(5-3-14)12(18)9-6-10(13)19-7-9/h6-8,16H,2-5H2,1H3. The van der Waals surface area contributed by atoms with Crippen molar-refractivity contribution in [3.8, 4) is 0 Å². The molecule has 1 N–H and O–H groups in total.